The molecule has 0 saturated heterocycles. The Kier molecular flexibility index (Phi) is 2.91. The van der Waals surface area contributed by atoms with Crippen LogP contribution >= 0.6 is 0 Å². The van der Waals surface area contributed by atoms with Gasteiger partial charge < -0.3 is 10.4 Å². The number of hydrogen-bond acceptors (Lipinski definition) is 5. The first-order valence-electron chi connectivity index (χ1n) is 5.37. The summed E-state index contributed by atoms with van der Waals surface area (Å²) in [5.41, 5.74) is -0.174. The summed E-state index contributed by atoms with van der Waals surface area (Å²) in [4.78, 5) is 18.8. The maximum absolute atomic E-state index is 10.8. The van der Waals surface area contributed by atoms with E-state index in [1.165, 1.54) is 12.3 Å². The second-order valence-electron chi connectivity index (χ2n) is 4.21. The van der Waals surface area contributed by atoms with Gasteiger partial charge in [-0.05, 0) is 25.3 Å². The molecule has 88 valence electrons. The molecule has 0 unspecified atom stereocenters. The lowest BCUT2D eigenvalue weighted by Gasteiger charge is -2.41. The number of nitrogens with zero attached hydrogens (tertiary/aromatic N) is 3. The van der Waals surface area contributed by atoms with E-state index in [0.717, 1.165) is 19.3 Å². The third kappa shape index (κ3) is 2.50. The van der Waals surface area contributed by atoms with Crippen LogP contribution in [0, 0.1) is 11.3 Å². The average Bonchev–Trinajstić information content (AvgIpc) is 2.26. The highest BCUT2D eigenvalue weighted by molar-refractivity contribution is 5.69. The van der Waals surface area contributed by atoms with Crippen molar-refractivity contribution in [1.29, 1.82) is 5.26 Å². The van der Waals surface area contributed by atoms with Crippen LogP contribution in [-0.2, 0) is 4.79 Å². The van der Waals surface area contributed by atoms with Gasteiger partial charge in [-0.2, -0.15) is 5.26 Å². The third-order valence-corrected chi connectivity index (χ3v) is 2.95. The second kappa shape index (κ2) is 4.37. The van der Waals surface area contributed by atoms with E-state index in [2.05, 4.69) is 15.3 Å². The number of aromatic nitrogens is 2. The molecule has 0 aromatic carbocycles. The van der Waals surface area contributed by atoms with Crippen molar-refractivity contribution in [3.63, 3.8) is 0 Å². The molecule has 0 atom stereocenters. The molecule has 1 saturated carbocycles. The molecule has 1 aromatic heterocycles. The minimum atomic E-state index is -0.839. The van der Waals surface area contributed by atoms with Crippen molar-refractivity contribution in [2.45, 2.75) is 31.2 Å². The Bertz CT molecular complexity index is 477. The van der Waals surface area contributed by atoms with Crippen molar-refractivity contribution < 1.29 is 9.90 Å². The van der Waals surface area contributed by atoms with Gasteiger partial charge in [-0.3, -0.25) is 4.79 Å². The maximum atomic E-state index is 10.8. The number of carboxylic acid groups (broad SMARTS) is 1. The molecule has 2 rings (SSSR count). The van der Waals surface area contributed by atoms with Gasteiger partial charge in [-0.1, -0.05) is 0 Å². The topological polar surface area (TPSA) is 98.9 Å². The fraction of sp³-hybridized carbons (Fsp3) is 0.455. The lowest BCUT2D eigenvalue weighted by Crippen LogP contribution is -2.47. The molecule has 1 aliphatic carbocycles. The molecular formula is C11H12N4O2. The Balaban J connectivity index is 2.13. The number of aliphatic carboxylic acids is 1. The summed E-state index contributed by atoms with van der Waals surface area (Å²) in [5.74, 6) is -0.515. The Morgan fingerprint density at radius 3 is 2.94 bits per heavy atom. The zero-order valence-electron chi connectivity index (χ0n) is 9.18. The van der Waals surface area contributed by atoms with Crippen LogP contribution in [0.2, 0.25) is 0 Å². The minimum absolute atomic E-state index is 0.0488. The maximum Gasteiger partial charge on any atom is 0.305 e. The van der Waals surface area contributed by atoms with Crippen LogP contribution in [0.1, 0.15) is 31.4 Å². The minimum Gasteiger partial charge on any atom is -0.481 e. The van der Waals surface area contributed by atoms with Gasteiger partial charge >= 0.3 is 5.97 Å². The molecule has 1 aliphatic rings. The molecule has 1 heterocycles. The molecule has 0 amide bonds. The standard InChI is InChI=1S/C11H12N4O2/c12-7-8-2-5-13-10(14-8)15-11(3-1-4-11)6-9(16)17/h2,5H,1,3-4,6H2,(H,16,17)(H,13,14,15). The van der Waals surface area contributed by atoms with Gasteiger partial charge in [0.15, 0.2) is 0 Å². The number of hydrogen-bond donors (Lipinski definition) is 2. The van der Waals surface area contributed by atoms with Gasteiger partial charge in [-0.25, -0.2) is 9.97 Å². The van der Waals surface area contributed by atoms with Crippen molar-refractivity contribution >= 4 is 11.9 Å². The third-order valence-electron chi connectivity index (χ3n) is 2.95. The summed E-state index contributed by atoms with van der Waals surface area (Å²) < 4.78 is 0. The van der Waals surface area contributed by atoms with E-state index in [4.69, 9.17) is 10.4 Å². The molecule has 1 aromatic rings. The van der Waals surface area contributed by atoms with E-state index in [9.17, 15) is 4.79 Å². The highest BCUT2D eigenvalue weighted by Crippen LogP contribution is 2.37. The van der Waals surface area contributed by atoms with E-state index in [0.29, 0.717) is 5.95 Å². The molecular weight excluding hydrogens is 220 g/mol. The van der Waals surface area contributed by atoms with E-state index in [1.807, 2.05) is 6.07 Å². The van der Waals surface area contributed by atoms with Crippen LogP contribution in [0.25, 0.3) is 0 Å². The van der Waals surface area contributed by atoms with Crippen LogP contribution in [0.5, 0.6) is 0 Å². The van der Waals surface area contributed by atoms with E-state index >= 15 is 0 Å². The summed E-state index contributed by atoms with van der Waals surface area (Å²) >= 11 is 0. The van der Waals surface area contributed by atoms with Crippen molar-refractivity contribution in [2.24, 2.45) is 0 Å². The van der Waals surface area contributed by atoms with Crippen molar-refractivity contribution in [1.82, 2.24) is 9.97 Å². The average molecular weight is 232 g/mol. The predicted octanol–water partition coefficient (Wildman–Crippen LogP) is 1.16. The molecule has 1 fully saturated rings. The number of nitriles is 1. The van der Waals surface area contributed by atoms with Crippen LogP contribution in [-0.4, -0.2) is 26.6 Å². The normalized spacial score (nSPS) is 16.6. The summed E-state index contributed by atoms with van der Waals surface area (Å²) in [7, 11) is 0. The summed E-state index contributed by atoms with van der Waals surface area (Å²) in [6, 6.07) is 3.43. The Labute approximate surface area is 98.3 Å². The van der Waals surface area contributed by atoms with Crippen LogP contribution in [0.15, 0.2) is 12.3 Å². The molecule has 6 heteroatoms. The molecule has 17 heavy (non-hydrogen) atoms. The second-order valence-corrected chi connectivity index (χ2v) is 4.21. The van der Waals surface area contributed by atoms with Crippen LogP contribution < -0.4 is 5.32 Å². The molecule has 0 radical (unpaired) electrons. The van der Waals surface area contributed by atoms with Gasteiger partial charge in [0, 0.05) is 6.20 Å². The summed E-state index contributed by atoms with van der Waals surface area (Å²) in [6.07, 6.45) is 4.12. The SMILES string of the molecule is N#Cc1ccnc(NC2(CC(=O)O)CCC2)n1. The number of anilines is 1. The van der Waals surface area contributed by atoms with Gasteiger partial charge in [0.1, 0.15) is 11.8 Å². The van der Waals surface area contributed by atoms with Crippen molar-refractivity contribution in [2.75, 3.05) is 5.32 Å². The number of carboxylic acids is 1. The smallest absolute Gasteiger partial charge is 0.305 e. The molecule has 6 nitrogen and oxygen atoms in total. The number of nitrogens with one attached hydrogen (secondary N) is 1. The summed E-state index contributed by atoms with van der Waals surface area (Å²) in [6.45, 7) is 0. The first kappa shape index (κ1) is 11.3. The van der Waals surface area contributed by atoms with E-state index in [1.54, 1.807) is 0 Å². The first-order chi connectivity index (χ1) is 8.13. The fourth-order valence-electron chi connectivity index (χ4n) is 1.96. The van der Waals surface area contributed by atoms with Crippen LogP contribution in [0.3, 0.4) is 0 Å². The van der Waals surface area contributed by atoms with Gasteiger partial charge in [-0.15, -0.1) is 0 Å². The first-order valence-corrected chi connectivity index (χ1v) is 5.37. The quantitative estimate of drug-likeness (QED) is 0.808. The Morgan fingerprint density at radius 1 is 1.65 bits per heavy atom. The zero-order valence-corrected chi connectivity index (χ0v) is 9.18. The zero-order chi connectivity index (χ0) is 12.3. The fourth-order valence-corrected chi connectivity index (χ4v) is 1.96. The highest BCUT2D eigenvalue weighted by Gasteiger charge is 2.39. The predicted molar refractivity (Wildman–Crippen MR) is 59.2 cm³/mol. The van der Waals surface area contributed by atoms with Crippen LogP contribution in [0.4, 0.5) is 5.95 Å². The molecule has 0 aliphatic heterocycles. The molecule has 0 spiro atoms. The number of rotatable bonds is 4. The largest absolute Gasteiger partial charge is 0.481 e. The van der Waals surface area contributed by atoms with Gasteiger partial charge in [0.05, 0.1) is 12.0 Å². The van der Waals surface area contributed by atoms with Gasteiger partial charge in [0.25, 0.3) is 0 Å². The Hall–Kier alpha value is -2.16. The Morgan fingerprint density at radius 2 is 2.41 bits per heavy atom. The molecule has 2 N–H and O–H groups in total. The number of carbonyl (C=O) groups is 1. The monoisotopic (exact) mass is 232 g/mol. The van der Waals surface area contributed by atoms with E-state index < -0.39 is 11.5 Å². The summed E-state index contributed by atoms with van der Waals surface area (Å²) in [5, 5.41) is 20.6. The van der Waals surface area contributed by atoms with Crippen molar-refractivity contribution in [3.8, 4) is 6.07 Å². The van der Waals surface area contributed by atoms with Crippen molar-refractivity contribution in [3.05, 3.63) is 18.0 Å². The lowest BCUT2D eigenvalue weighted by atomic mass is 9.74. The lowest BCUT2D eigenvalue weighted by molar-refractivity contribution is -0.138. The molecule has 0 bridgehead atoms. The van der Waals surface area contributed by atoms with Gasteiger partial charge in [0.2, 0.25) is 5.95 Å². The highest BCUT2D eigenvalue weighted by atomic mass is 16.4. The van der Waals surface area contributed by atoms with E-state index in [-0.39, 0.29) is 12.1 Å².